The van der Waals surface area contributed by atoms with Crippen LogP contribution < -0.4 is 21.2 Å². The highest BCUT2D eigenvalue weighted by atomic mass is 35.5. The van der Waals surface area contributed by atoms with E-state index >= 15 is 0 Å². The van der Waals surface area contributed by atoms with Crippen molar-refractivity contribution in [1.29, 1.82) is 0 Å². The van der Waals surface area contributed by atoms with E-state index in [1.54, 1.807) is 34.7 Å². The van der Waals surface area contributed by atoms with Crippen LogP contribution in [0.3, 0.4) is 0 Å². The third-order valence-corrected chi connectivity index (χ3v) is 14.7. The Morgan fingerprint density at radius 3 is 2.21 bits per heavy atom. The van der Waals surface area contributed by atoms with Crippen LogP contribution in [0.25, 0.3) is 34.4 Å². The van der Waals surface area contributed by atoms with Gasteiger partial charge in [0, 0.05) is 90.7 Å². The number of aromatic amines is 1. The summed E-state index contributed by atoms with van der Waals surface area (Å²) in [7, 11) is -4.64. The van der Waals surface area contributed by atoms with Crippen molar-refractivity contribution in [2.45, 2.75) is 63.3 Å². The highest BCUT2D eigenvalue weighted by Gasteiger charge is 2.27. The van der Waals surface area contributed by atoms with Gasteiger partial charge in [-0.3, -0.25) is 0 Å². The molecule has 0 unspecified atom stereocenters. The van der Waals surface area contributed by atoms with E-state index in [-0.39, 0.29) is 0 Å². The summed E-state index contributed by atoms with van der Waals surface area (Å²) in [5.74, 6) is 0. The molecule has 4 heterocycles. The second-order valence-corrected chi connectivity index (χ2v) is 19.0. The van der Waals surface area contributed by atoms with E-state index in [2.05, 4.69) is 84.4 Å². The van der Waals surface area contributed by atoms with Crippen molar-refractivity contribution >= 4 is 66.1 Å². The molecule has 1 aliphatic carbocycles. The van der Waals surface area contributed by atoms with Gasteiger partial charge >= 0.3 is 0 Å². The van der Waals surface area contributed by atoms with Gasteiger partial charge in [-0.05, 0) is 92.0 Å². The summed E-state index contributed by atoms with van der Waals surface area (Å²) in [5.41, 5.74) is 7.47. The average Bonchev–Trinajstić information content (AvgIpc) is 4.07. The van der Waals surface area contributed by atoms with Gasteiger partial charge in [-0.25, -0.2) is 16.8 Å². The summed E-state index contributed by atoms with van der Waals surface area (Å²) in [5, 5.41) is 12.0. The van der Waals surface area contributed by atoms with E-state index in [1.807, 2.05) is 18.2 Å². The maximum Gasteiger partial charge on any atom is 0.243 e. The standard InChI is InChI=1S/C23H28ClN3O2S.C22H27N3O2S/c1-4-18-10-11-21-20(15-18)22(24)23(26-21)17(3)25-16-19(5-2)9-8-14-30(28,29)27-12-6-7-13-27;1-17(21-16-24(2)22-8-4-3-7-20(21)22)23-15-18-9-11-19(12-10-18)28(26,27)25-13-5-6-14-25/h5,8-11,14-15,25-26H,2-4,6-7,12-13,16H2,1H3;7-12,16,23H,1,3-6,13-15H2,2H3/b14-8+,19-9+;. The van der Waals surface area contributed by atoms with E-state index in [4.69, 9.17) is 11.6 Å². The van der Waals surface area contributed by atoms with Crippen LogP contribution in [0.1, 0.15) is 67.8 Å². The number of allylic oxidation sites excluding steroid dienone is 2. The Hall–Kier alpha value is -4.59. The summed E-state index contributed by atoms with van der Waals surface area (Å²) in [6.07, 6.45) is 18.5. The van der Waals surface area contributed by atoms with Gasteiger partial charge in [0.05, 0.1) is 21.3 Å². The average molecular weight is 844 g/mol. The van der Waals surface area contributed by atoms with Crippen LogP contribution in [-0.2, 0) is 40.1 Å². The van der Waals surface area contributed by atoms with E-state index < -0.39 is 20.0 Å². The first-order valence-electron chi connectivity index (χ1n) is 19.9. The van der Waals surface area contributed by atoms with Crippen molar-refractivity contribution in [3.05, 3.63) is 136 Å². The molecule has 3 aliphatic rings. The second kappa shape index (κ2) is 19.0. The minimum absolute atomic E-state index is 0.374. The lowest BCUT2D eigenvalue weighted by Crippen LogP contribution is -2.31. The zero-order chi connectivity index (χ0) is 41.5. The van der Waals surface area contributed by atoms with Gasteiger partial charge < -0.3 is 20.2 Å². The molecule has 0 amide bonds. The smallest absolute Gasteiger partial charge is 0.243 e. The molecule has 2 fully saturated rings. The third kappa shape index (κ3) is 9.98. The number of nitrogens with zero attached hydrogens (tertiary/aromatic N) is 3. The number of nitrogens with one attached hydrogen (secondary N) is 3. The van der Waals surface area contributed by atoms with E-state index in [9.17, 15) is 16.8 Å². The summed E-state index contributed by atoms with van der Waals surface area (Å²) in [4.78, 5) is 3.69. The molecular weight excluding hydrogens is 788 g/mol. The van der Waals surface area contributed by atoms with Crippen molar-refractivity contribution in [3.8, 4) is 0 Å². The highest BCUT2D eigenvalue weighted by Crippen LogP contribution is 2.31. The number of H-pyrrole nitrogens is 1. The zero-order valence-corrected chi connectivity index (χ0v) is 36.0. The molecule has 308 valence electrons. The molecule has 13 heteroatoms. The van der Waals surface area contributed by atoms with Crippen molar-refractivity contribution in [2.75, 3.05) is 32.7 Å². The van der Waals surface area contributed by atoms with Gasteiger partial charge in [0.1, 0.15) is 0 Å². The number of hydrogen-bond acceptors (Lipinski definition) is 6. The van der Waals surface area contributed by atoms with Crippen molar-refractivity contribution in [1.82, 2.24) is 28.8 Å². The summed E-state index contributed by atoms with van der Waals surface area (Å²) in [6.45, 7) is 17.7. The molecule has 0 radical (unpaired) electrons. The maximum atomic E-state index is 12.6. The molecule has 0 spiro atoms. The van der Waals surface area contributed by atoms with Crippen LogP contribution in [0.2, 0.25) is 5.02 Å². The number of benzene rings is 2. The molecule has 0 bridgehead atoms. The van der Waals surface area contributed by atoms with Crippen molar-refractivity contribution < 1.29 is 16.8 Å². The predicted molar refractivity (Wildman–Crippen MR) is 240 cm³/mol. The molecule has 2 aromatic carbocycles. The lowest BCUT2D eigenvalue weighted by molar-refractivity contribution is 0.477. The van der Waals surface area contributed by atoms with Crippen LogP contribution in [0.4, 0.5) is 0 Å². The third-order valence-electron chi connectivity index (χ3n) is 10.8. The molecule has 10 nitrogen and oxygen atoms in total. The molecule has 0 atom stereocenters. The molecular formula is C45H55ClN6O4S2. The fraction of sp³-hybridized carbons (Fsp3) is 0.333. The molecule has 2 aromatic heterocycles. The van der Waals surface area contributed by atoms with Crippen molar-refractivity contribution in [3.63, 3.8) is 0 Å². The summed E-state index contributed by atoms with van der Waals surface area (Å²) >= 11 is 6.58. The zero-order valence-electron chi connectivity index (χ0n) is 33.6. The second-order valence-electron chi connectivity index (χ2n) is 14.8. The largest absolute Gasteiger partial charge is 0.381 e. The fourth-order valence-corrected chi connectivity index (χ4v) is 10.5. The topological polar surface area (TPSA) is 120 Å². The Balaban J connectivity index is 0.000000196. The van der Waals surface area contributed by atoms with E-state index in [0.717, 1.165) is 83.9 Å². The van der Waals surface area contributed by atoms with Gasteiger partial charge in [0.15, 0.2) is 0 Å². The molecule has 2 saturated heterocycles. The fourth-order valence-electron chi connectivity index (χ4n) is 7.40. The van der Waals surface area contributed by atoms with E-state index in [1.165, 1.54) is 25.8 Å². The van der Waals surface area contributed by atoms with E-state index in [0.29, 0.717) is 54.9 Å². The lowest BCUT2D eigenvalue weighted by Gasteiger charge is -2.16. The van der Waals surface area contributed by atoms with Crippen molar-refractivity contribution in [2.24, 2.45) is 7.05 Å². The summed E-state index contributed by atoms with van der Waals surface area (Å²) < 4.78 is 55.0. The maximum absolute atomic E-state index is 12.6. The Kier molecular flexibility index (Phi) is 14.1. The normalized spacial score (nSPS) is 16.4. The number of halogens is 1. The Bertz CT molecular complexity index is 2570. The predicted octanol–water partition coefficient (Wildman–Crippen LogP) is 6.92. The van der Waals surface area contributed by atoms with Gasteiger partial charge in [-0.2, -0.15) is 8.61 Å². The summed E-state index contributed by atoms with van der Waals surface area (Å²) in [6, 6.07) is 13.4. The van der Waals surface area contributed by atoms with Crippen LogP contribution in [0, 0.1) is 0 Å². The van der Waals surface area contributed by atoms with Gasteiger partial charge in [0.2, 0.25) is 20.0 Å². The molecule has 58 heavy (non-hydrogen) atoms. The quantitative estimate of drug-likeness (QED) is 0.112. The molecule has 0 saturated carbocycles. The van der Waals surface area contributed by atoms with Gasteiger partial charge in [-0.1, -0.05) is 80.8 Å². The monoisotopic (exact) mass is 842 g/mol. The number of aromatic nitrogens is 2. The minimum Gasteiger partial charge on any atom is -0.381 e. The first-order valence-corrected chi connectivity index (χ1v) is 23.3. The minimum atomic E-state index is -3.35. The number of fused-ring (bicyclic) bond motifs is 2. The molecule has 7 rings (SSSR count). The number of sulfonamides is 2. The molecule has 2 aliphatic heterocycles. The van der Waals surface area contributed by atoms with Crippen LogP contribution in [-0.4, -0.2) is 67.7 Å². The SMILES string of the molecule is C=C(NCc1ccc(S(=O)(=O)N2CCCC2)cc1)c1cn(C)c2c1=CCCC=2.C=C/C(=C\C=C\S(=O)(=O)N1CCCC1)CNC(=C)c1[nH]c2ccc(CC)cc2c1Cl. The Morgan fingerprint density at radius 1 is 0.879 bits per heavy atom. The first-order chi connectivity index (χ1) is 27.8. The van der Waals surface area contributed by atoms with Crippen LogP contribution in [0.15, 0.2) is 103 Å². The number of aryl methyl sites for hydroxylation is 2. The van der Waals surface area contributed by atoms with Crippen LogP contribution >= 0.6 is 11.6 Å². The highest BCUT2D eigenvalue weighted by molar-refractivity contribution is 7.92. The lowest BCUT2D eigenvalue weighted by atomic mass is 10.1. The first kappa shape index (κ1) is 43.0. The number of rotatable bonds is 15. The molecule has 3 N–H and O–H groups in total. The van der Waals surface area contributed by atoms with Crippen LogP contribution in [0.5, 0.6) is 0 Å². The van der Waals surface area contributed by atoms with Gasteiger partial charge in [-0.15, -0.1) is 0 Å². The molecule has 4 aromatic rings. The Morgan fingerprint density at radius 2 is 1.53 bits per heavy atom. The van der Waals surface area contributed by atoms with Gasteiger partial charge in [0.25, 0.3) is 0 Å². The Labute approximate surface area is 348 Å². The number of hydrogen-bond donors (Lipinski definition) is 3.